The maximum atomic E-state index is 13.8. The van der Waals surface area contributed by atoms with Crippen LogP contribution in [0.15, 0.2) is 12.4 Å². The van der Waals surface area contributed by atoms with Crippen molar-refractivity contribution in [2.24, 2.45) is 0 Å². The topological polar surface area (TPSA) is 3.24 Å². The summed E-state index contributed by atoms with van der Waals surface area (Å²) in [7, 11) is 0. The van der Waals surface area contributed by atoms with Crippen LogP contribution in [0.2, 0.25) is 0 Å². The minimum absolute atomic E-state index is 0.0983. The summed E-state index contributed by atoms with van der Waals surface area (Å²) in [6.07, 6.45) is -2.93. The van der Waals surface area contributed by atoms with Crippen molar-refractivity contribution in [2.75, 3.05) is 13.1 Å². The van der Waals surface area contributed by atoms with Gasteiger partial charge >= 0.3 is 12.0 Å². The molecule has 0 bridgehead atoms. The lowest BCUT2D eigenvalue weighted by Crippen LogP contribution is -2.56. The van der Waals surface area contributed by atoms with Crippen LogP contribution >= 0.6 is 0 Å². The van der Waals surface area contributed by atoms with E-state index in [1.807, 2.05) is 0 Å². The van der Waals surface area contributed by atoms with Crippen LogP contribution in [-0.2, 0) is 0 Å². The number of halogens is 5. The maximum absolute atomic E-state index is 13.8. The summed E-state index contributed by atoms with van der Waals surface area (Å²) in [4.78, 5) is 0.502. The Labute approximate surface area is 90.9 Å². The Morgan fingerprint density at radius 1 is 0.938 bits per heavy atom. The van der Waals surface area contributed by atoms with Crippen LogP contribution in [0.25, 0.3) is 0 Å². The number of nitrogens with zero attached hydrogens (tertiary/aromatic N) is 1. The average molecular weight is 243 g/mol. The van der Waals surface area contributed by atoms with Gasteiger partial charge in [-0.2, -0.15) is 13.2 Å². The first-order valence-corrected chi connectivity index (χ1v) is 5.15. The van der Waals surface area contributed by atoms with E-state index < -0.39 is 17.8 Å². The fraction of sp³-hybridized carbons (Fsp3) is 0.800. The molecular formula is C10H14F5N. The molecule has 0 aromatic rings. The smallest absolute Gasteiger partial charge is 0.258 e. The Morgan fingerprint density at radius 3 is 1.69 bits per heavy atom. The monoisotopic (exact) mass is 243 g/mol. The molecule has 16 heavy (non-hydrogen) atoms. The van der Waals surface area contributed by atoms with Crippen LogP contribution < -0.4 is 0 Å². The molecule has 6 heteroatoms. The predicted molar refractivity (Wildman–Crippen MR) is 50.2 cm³/mol. The minimum Gasteiger partial charge on any atom is -0.258 e. The SMILES string of the molecule is C=C(F)C(F)(N1CCCCCC1)C(F)(F)F. The van der Waals surface area contributed by atoms with Gasteiger partial charge in [0.2, 0.25) is 0 Å². The fourth-order valence-corrected chi connectivity index (χ4v) is 1.88. The second-order valence-corrected chi connectivity index (χ2v) is 3.93. The highest BCUT2D eigenvalue weighted by molar-refractivity contribution is 5.09. The molecule has 1 saturated heterocycles. The highest BCUT2D eigenvalue weighted by Crippen LogP contribution is 2.43. The van der Waals surface area contributed by atoms with Gasteiger partial charge in [0.15, 0.2) is 5.83 Å². The molecule has 1 aliphatic heterocycles. The van der Waals surface area contributed by atoms with Gasteiger partial charge in [0.25, 0.3) is 0 Å². The van der Waals surface area contributed by atoms with Gasteiger partial charge in [0, 0.05) is 13.1 Å². The molecule has 1 aliphatic rings. The van der Waals surface area contributed by atoms with Gasteiger partial charge in [-0.15, -0.1) is 0 Å². The Hall–Kier alpha value is -0.650. The zero-order valence-corrected chi connectivity index (χ0v) is 8.79. The normalized spacial score (nSPS) is 23.6. The molecule has 1 fully saturated rings. The zero-order chi connectivity index (χ0) is 12.4. The van der Waals surface area contributed by atoms with Crippen LogP contribution in [0, 0.1) is 0 Å². The van der Waals surface area contributed by atoms with Gasteiger partial charge in [0.1, 0.15) is 0 Å². The Kier molecular flexibility index (Phi) is 3.93. The maximum Gasteiger partial charge on any atom is 0.443 e. The summed E-state index contributed by atoms with van der Waals surface area (Å²) in [5, 5.41) is 0. The molecule has 0 amide bonds. The van der Waals surface area contributed by atoms with E-state index in [-0.39, 0.29) is 13.1 Å². The van der Waals surface area contributed by atoms with Gasteiger partial charge in [-0.25, -0.2) is 8.78 Å². The molecule has 1 rings (SSSR count). The molecule has 94 valence electrons. The number of hydrogen-bond donors (Lipinski definition) is 0. The molecule has 0 radical (unpaired) electrons. The van der Waals surface area contributed by atoms with Crippen molar-refractivity contribution in [2.45, 2.75) is 37.7 Å². The summed E-state index contributed by atoms with van der Waals surface area (Å²) >= 11 is 0. The highest BCUT2D eigenvalue weighted by Gasteiger charge is 2.62. The van der Waals surface area contributed by atoms with E-state index >= 15 is 0 Å². The predicted octanol–water partition coefficient (Wildman–Crippen LogP) is 3.57. The molecule has 1 nitrogen and oxygen atoms in total. The standard InChI is InChI=1S/C10H14F5N/c1-8(11)9(12,10(13,14)15)16-6-4-2-3-5-7-16/h1-7H2. The lowest BCUT2D eigenvalue weighted by atomic mass is 10.1. The van der Waals surface area contributed by atoms with Crippen LogP contribution in [0.5, 0.6) is 0 Å². The second kappa shape index (κ2) is 4.69. The first kappa shape index (κ1) is 13.4. The van der Waals surface area contributed by atoms with Crippen LogP contribution in [-0.4, -0.2) is 30.0 Å². The molecule has 1 atom stereocenters. The van der Waals surface area contributed by atoms with Gasteiger partial charge < -0.3 is 0 Å². The second-order valence-electron chi connectivity index (χ2n) is 3.93. The number of alkyl halides is 4. The summed E-state index contributed by atoms with van der Waals surface area (Å²) in [6, 6.07) is 0. The van der Waals surface area contributed by atoms with Crippen molar-refractivity contribution in [3.63, 3.8) is 0 Å². The van der Waals surface area contributed by atoms with Crippen LogP contribution in [0.1, 0.15) is 25.7 Å². The van der Waals surface area contributed by atoms with Crippen molar-refractivity contribution < 1.29 is 22.0 Å². The summed E-state index contributed by atoms with van der Waals surface area (Å²) in [5.41, 5.74) is 0. The van der Waals surface area contributed by atoms with Gasteiger partial charge in [-0.05, 0) is 12.8 Å². The summed E-state index contributed by atoms with van der Waals surface area (Å²) in [6.45, 7) is 2.30. The van der Waals surface area contributed by atoms with Crippen LogP contribution in [0.4, 0.5) is 22.0 Å². The first-order chi connectivity index (χ1) is 7.30. The lowest BCUT2D eigenvalue weighted by molar-refractivity contribution is -0.272. The Balaban J connectivity index is 2.96. The molecule has 0 spiro atoms. The van der Waals surface area contributed by atoms with Gasteiger partial charge in [-0.3, -0.25) is 4.90 Å². The van der Waals surface area contributed by atoms with E-state index in [9.17, 15) is 22.0 Å². The van der Waals surface area contributed by atoms with E-state index in [0.717, 1.165) is 12.8 Å². The largest absolute Gasteiger partial charge is 0.443 e. The zero-order valence-electron chi connectivity index (χ0n) is 8.79. The number of hydrogen-bond acceptors (Lipinski definition) is 1. The molecule has 0 saturated carbocycles. The molecular weight excluding hydrogens is 229 g/mol. The van der Waals surface area contributed by atoms with Crippen molar-refractivity contribution in [1.29, 1.82) is 0 Å². The molecule has 1 unspecified atom stereocenters. The molecule has 0 aliphatic carbocycles. The molecule has 0 N–H and O–H groups in total. The minimum atomic E-state index is -5.29. The van der Waals surface area contributed by atoms with Crippen molar-refractivity contribution in [3.8, 4) is 0 Å². The molecule has 0 aromatic carbocycles. The van der Waals surface area contributed by atoms with Crippen molar-refractivity contribution in [1.82, 2.24) is 4.90 Å². The lowest BCUT2D eigenvalue weighted by Gasteiger charge is -2.36. The van der Waals surface area contributed by atoms with E-state index in [2.05, 4.69) is 6.58 Å². The molecule has 0 aromatic heterocycles. The fourth-order valence-electron chi connectivity index (χ4n) is 1.88. The first-order valence-electron chi connectivity index (χ1n) is 5.15. The van der Waals surface area contributed by atoms with E-state index in [1.54, 1.807) is 0 Å². The average Bonchev–Trinajstić information content (AvgIpc) is 2.42. The molecule has 1 heterocycles. The summed E-state index contributed by atoms with van der Waals surface area (Å²) < 4.78 is 64.3. The van der Waals surface area contributed by atoms with Crippen molar-refractivity contribution >= 4 is 0 Å². The van der Waals surface area contributed by atoms with E-state index in [0.29, 0.717) is 17.7 Å². The number of likely N-dealkylation sites (tertiary alicyclic amines) is 1. The Morgan fingerprint density at radius 2 is 1.38 bits per heavy atom. The van der Waals surface area contributed by atoms with Gasteiger partial charge in [-0.1, -0.05) is 19.4 Å². The third-order valence-corrected chi connectivity index (χ3v) is 2.78. The highest BCUT2D eigenvalue weighted by atomic mass is 19.4. The summed E-state index contributed by atoms with van der Waals surface area (Å²) in [5.74, 6) is -6.01. The number of rotatable bonds is 2. The van der Waals surface area contributed by atoms with Crippen LogP contribution in [0.3, 0.4) is 0 Å². The van der Waals surface area contributed by atoms with Crippen molar-refractivity contribution in [3.05, 3.63) is 12.4 Å². The Bertz CT molecular complexity index is 254. The van der Waals surface area contributed by atoms with E-state index in [1.165, 1.54) is 0 Å². The van der Waals surface area contributed by atoms with E-state index in [4.69, 9.17) is 0 Å². The van der Waals surface area contributed by atoms with Gasteiger partial charge in [0.05, 0.1) is 0 Å². The third-order valence-electron chi connectivity index (χ3n) is 2.78. The third kappa shape index (κ3) is 2.36. The quantitative estimate of drug-likeness (QED) is 0.529.